The molecular weight excluding hydrogens is 238 g/mol. The van der Waals surface area contributed by atoms with Crippen LogP contribution in [-0.2, 0) is 0 Å². The van der Waals surface area contributed by atoms with Crippen LogP contribution in [0.15, 0.2) is 30.5 Å². The first-order chi connectivity index (χ1) is 9.34. The van der Waals surface area contributed by atoms with Crippen molar-refractivity contribution in [2.24, 2.45) is 5.92 Å². The summed E-state index contributed by atoms with van der Waals surface area (Å²) in [6.07, 6.45) is 4.18. The van der Waals surface area contributed by atoms with Crippen molar-refractivity contribution in [2.45, 2.75) is 12.8 Å². The summed E-state index contributed by atoms with van der Waals surface area (Å²) in [5, 5.41) is 18.6. The molecule has 1 aliphatic rings. The second-order valence-corrected chi connectivity index (χ2v) is 5.11. The van der Waals surface area contributed by atoms with Crippen molar-refractivity contribution in [2.75, 3.05) is 25.0 Å². The minimum absolute atomic E-state index is 0.290. The second-order valence-electron chi connectivity index (χ2n) is 5.11. The minimum atomic E-state index is 0.290. The number of nitrogens with one attached hydrogen (secondary N) is 2. The largest absolute Gasteiger partial charge is 0.507 e. The molecule has 2 aromatic rings. The molecule has 3 N–H and O–H groups in total. The Morgan fingerprint density at radius 1 is 1.26 bits per heavy atom. The van der Waals surface area contributed by atoms with Crippen molar-refractivity contribution in [3.63, 3.8) is 0 Å². The van der Waals surface area contributed by atoms with Gasteiger partial charge in [0.05, 0.1) is 5.39 Å². The molecule has 19 heavy (non-hydrogen) atoms. The first-order valence-electron chi connectivity index (χ1n) is 6.86. The number of aromatic hydroxyl groups is 1. The average Bonchev–Trinajstić information content (AvgIpc) is 2.46. The van der Waals surface area contributed by atoms with Crippen molar-refractivity contribution in [3.8, 4) is 5.75 Å². The Hall–Kier alpha value is -1.81. The number of phenols is 1. The third kappa shape index (κ3) is 2.63. The molecule has 1 aromatic heterocycles. The molecule has 0 bridgehead atoms. The fourth-order valence-electron chi connectivity index (χ4n) is 2.67. The first kappa shape index (κ1) is 12.2. The Bertz CT molecular complexity index is 559. The summed E-state index contributed by atoms with van der Waals surface area (Å²) in [5.41, 5.74) is 0. The van der Waals surface area contributed by atoms with Crippen LogP contribution in [0.4, 0.5) is 5.82 Å². The Labute approximate surface area is 112 Å². The molecule has 3 rings (SSSR count). The van der Waals surface area contributed by atoms with Gasteiger partial charge in [-0.25, -0.2) is 4.98 Å². The molecule has 0 spiro atoms. The maximum absolute atomic E-state index is 10.00. The fraction of sp³-hybridized carbons (Fsp3) is 0.400. The molecule has 1 aromatic carbocycles. The zero-order valence-electron chi connectivity index (χ0n) is 10.9. The highest BCUT2D eigenvalue weighted by atomic mass is 16.3. The summed E-state index contributed by atoms with van der Waals surface area (Å²) in [4.78, 5) is 4.37. The highest BCUT2D eigenvalue weighted by Gasteiger charge is 2.14. The molecular formula is C15H19N3O. The third-order valence-electron chi connectivity index (χ3n) is 3.79. The summed E-state index contributed by atoms with van der Waals surface area (Å²) in [6, 6.07) is 7.48. The van der Waals surface area contributed by atoms with E-state index in [4.69, 9.17) is 0 Å². The maximum Gasteiger partial charge on any atom is 0.137 e. The van der Waals surface area contributed by atoms with E-state index in [1.807, 2.05) is 18.2 Å². The molecule has 0 saturated carbocycles. The van der Waals surface area contributed by atoms with E-state index >= 15 is 0 Å². The Kier molecular flexibility index (Phi) is 3.51. The number of nitrogens with zero attached hydrogens (tertiary/aromatic N) is 1. The van der Waals surface area contributed by atoms with Crippen LogP contribution in [0.1, 0.15) is 12.8 Å². The van der Waals surface area contributed by atoms with E-state index in [9.17, 15) is 5.11 Å². The van der Waals surface area contributed by atoms with Crippen molar-refractivity contribution in [3.05, 3.63) is 30.5 Å². The van der Waals surface area contributed by atoms with Crippen molar-refractivity contribution >= 4 is 16.6 Å². The lowest BCUT2D eigenvalue weighted by Crippen LogP contribution is -2.31. The molecule has 0 radical (unpaired) electrons. The van der Waals surface area contributed by atoms with Crippen LogP contribution in [0.5, 0.6) is 5.75 Å². The van der Waals surface area contributed by atoms with E-state index < -0.39 is 0 Å². The summed E-state index contributed by atoms with van der Waals surface area (Å²) >= 11 is 0. The van der Waals surface area contributed by atoms with Crippen molar-refractivity contribution < 1.29 is 5.11 Å². The van der Waals surface area contributed by atoms with Gasteiger partial charge in [0.15, 0.2) is 0 Å². The Morgan fingerprint density at radius 3 is 2.95 bits per heavy atom. The number of fused-ring (bicyclic) bond motifs is 1. The molecule has 100 valence electrons. The van der Waals surface area contributed by atoms with Gasteiger partial charge in [0, 0.05) is 12.7 Å². The van der Waals surface area contributed by atoms with Crippen LogP contribution in [0.25, 0.3) is 10.8 Å². The highest BCUT2D eigenvalue weighted by molar-refractivity contribution is 5.96. The topological polar surface area (TPSA) is 57.2 Å². The number of anilines is 1. The van der Waals surface area contributed by atoms with Crippen molar-refractivity contribution in [1.29, 1.82) is 0 Å². The lowest BCUT2D eigenvalue weighted by molar-refractivity contribution is 0.389. The van der Waals surface area contributed by atoms with Gasteiger partial charge in [-0.05, 0) is 49.4 Å². The minimum Gasteiger partial charge on any atom is -0.507 e. The number of hydrogen-bond donors (Lipinski definition) is 3. The summed E-state index contributed by atoms with van der Waals surface area (Å²) in [5.74, 6) is 1.76. The molecule has 0 aliphatic carbocycles. The quantitative estimate of drug-likeness (QED) is 0.790. The molecule has 0 amide bonds. The van der Waals surface area contributed by atoms with Crippen LogP contribution in [0, 0.1) is 5.92 Å². The number of hydrogen-bond acceptors (Lipinski definition) is 4. The van der Waals surface area contributed by atoms with Gasteiger partial charge in [0.1, 0.15) is 11.6 Å². The number of aromatic nitrogens is 1. The number of rotatable bonds is 3. The van der Waals surface area contributed by atoms with Gasteiger partial charge in [-0.15, -0.1) is 0 Å². The Balaban J connectivity index is 1.80. The van der Waals surface area contributed by atoms with E-state index in [2.05, 4.69) is 15.6 Å². The molecule has 1 aliphatic heterocycles. The third-order valence-corrected chi connectivity index (χ3v) is 3.79. The fourth-order valence-corrected chi connectivity index (χ4v) is 2.67. The van der Waals surface area contributed by atoms with E-state index in [1.54, 1.807) is 12.3 Å². The molecule has 4 heteroatoms. The van der Waals surface area contributed by atoms with Gasteiger partial charge in [-0.1, -0.05) is 12.1 Å². The molecule has 4 nitrogen and oxygen atoms in total. The predicted molar refractivity (Wildman–Crippen MR) is 77.5 cm³/mol. The zero-order valence-corrected chi connectivity index (χ0v) is 10.9. The monoisotopic (exact) mass is 257 g/mol. The van der Waals surface area contributed by atoms with E-state index in [0.717, 1.165) is 36.2 Å². The molecule has 0 atom stereocenters. The van der Waals surface area contributed by atoms with Crippen LogP contribution in [0.2, 0.25) is 0 Å². The summed E-state index contributed by atoms with van der Waals surface area (Å²) in [7, 11) is 0. The molecule has 1 saturated heterocycles. The number of benzene rings is 1. The number of piperidine rings is 1. The van der Waals surface area contributed by atoms with Crippen LogP contribution < -0.4 is 10.6 Å². The lowest BCUT2D eigenvalue weighted by Gasteiger charge is -2.23. The number of phenolic OH excluding ortho intramolecular Hbond substituents is 1. The SMILES string of the molecule is Oc1cccc2ccnc(NCC3CCNCC3)c12. The predicted octanol–water partition coefficient (Wildman–Crippen LogP) is 2.35. The average molecular weight is 257 g/mol. The number of pyridine rings is 1. The normalized spacial score (nSPS) is 16.6. The van der Waals surface area contributed by atoms with Gasteiger partial charge in [-0.3, -0.25) is 0 Å². The van der Waals surface area contributed by atoms with Gasteiger partial charge in [0.2, 0.25) is 0 Å². The van der Waals surface area contributed by atoms with Crippen LogP contribution >= 0.6 is 0 Å². The highest BCUT2D eigenvalue weighted by Crippen LogP contribution is 2.29. The zero-order chi connectivity index (χ0) is 13.1. The molecule has 1 fully saturated rings. The second kappa shape index (κ2) is 5.45. The van der Waals surface area contributed by atoms with Crippen molar-refractivity contribution in [1.82, 2.24) is 10.3 Å². The van der Waals surface area contributed by atoms with Gasteiger partial charge < -0.3 is 15.7 Å². The van der Waals surface area contributed by atoms with Gasteiger partial charge in [0.25, 0.3) is 0 Å². The van der Waals surface area contributed by atoms with E-state index in [1.165, 1.54) is 12.8 Å². The lowest BCUT2D eigenvalue weighted by atomic mass is 9.98. The standard InChI is InChI=1S/C15H19N3O/c19-13-3-1-2-12-6-9-17-15(14(12)13)18-10-11-4-7-16-8-5-11/h1-3,6,9,11,16,19H,4-5,7-8,10H2,(H,17,18). The smallest absolute Gasteiger partial charge is 0.137 e. The summed E-state index contributed by atoms with van der Waals surface area (Å²) in [6.45, 7) is 3.11. The van der Waals surface area contributed by atoms with Crippen LogP contribution in [0.3, 0.4) is 0 Å². The van der Waals surface area contributed by atoms with E-state index in [0.29, 0.717) is 11.7 Å². The molecule has 0 unspecified atom stereocenters. The Morgan fingerprint density at radius 2 is 2.11 bits per heavy atom. The van der Waals surface area contributed by atoms with Gasteiger partial charge in [-0.2, -0.15) is 0 Å². The maximum atomic E-state index is 10.00. The van der Waals surface area contributed by atoms with Crippen LogP contribution in [-0.4, -0.2) is 29.7 Å². The summed E-state index contributed by atoms with van der Waals surface area (Å²) < 4.78 is 0. The van der Waals surface area contributed by atoms with Gasteiger partial charge >= 0.3 is 0 Å². The first-order valence-corrected chi connectivity index (χ1v) is 6.86. The van der Waals surface area contributed by atoms with E-state index in [-0.39, 0.29) is 0 Å². The molecule has 2 heterocycles.